The molecule has 6 unspecified atom stereocenters. The lowest BCUT2D eigenvalue weighted by Gasteiger charge is -2.11. The van der Waals surface area contributed by atoms with E-state index in [1.54, 1.807) is 7.11 Å². The molecule has 2 nitrogen and oxygen atoms in total. The molecule has 0 aromatic carbocycles. The first-order chi connectivity index (χ1) is 6.76. The fourth-order valence-corrected chi connectivity index (χ4v) is 6.11. The highest BCUT2D eigenvalue weighted by Crippen LogP contribution is 3.00. The highest BCUT2D eigenvalue weighted by atomic mass is 16.5. The number of carbonyl (C=O) groups excluding carboxylic acids is 1. The van der Waals surface area contributed by atoms with Crippen LogP contribution >= 0.6 is 0 Å². The van der Waals surface area contributed by atoms with Crippen LogP contribution in [0.5, 0.6) is 0 Å². The third-order valence-electron chi connectivity index (χ3n) is 6.06. The molecule has 2 heteroatoms. The van der Waals surface area contributed by atoms with Crippen LogP contribution < -0.4 is 0 Å². The van der Waals surface area contributed by atoms with Crippen LogP contribution in [0.15, 0.2) is 12.2 Å². The first-order valence-electron chi connectivity index (χ1n) is 5.53. The van der Waals surface area contributed by atoms with Crippen molar-refractivity contribution in [2.45, 2.75) is 0 Å². The van der Waals surface area contributed by atoms with Gasteiger partial charge in [-0.1, -0.05) is 12.2 Å². The molecule has 0 radical (unpaired) electrons. The van der Waals surface area contributed by atoms with Gasteiger partial charge in [0.05, 0.1) is 12.5 Å². The highest BCUT2D eigenvalue weighted by Gasteiger charge is 3.01. The second-order valence-corrected chi connectivity index (χ2v) is 5.78. The van der Waals surface area contributed by atoms with E-state index >= 15 is 0 Å². The van der Waals surface area contributed by atoms with Gasteiger partial charge in [-0.25, -0.2) is 0 Å². The van der Waals surface area contributed by atoms with Crippen LogP contribution in [0.1, 0.15) is 0 Å². The van der Waals surface area contributed by atoms with Gasteiger partial charge < -0.3 is 4.74 Å². The fraction of sp³-hybridized carbons (Fsp3) is 0.750. The second kappa shape index (κ2) is 1.39. The molecular weight excluding hydrogens is 176 g/mol. The number of hydrogen-bond donors (Lipinski definition) is 0. The van der Waals surface area contributed by atoms with Gasteiger partial charge in [0.1, 0.15) is 0 Å². The molecule has 0 aromatic heterocycles. The summed E-state index contributed by atoms with van der Waals surface area (Å²) in [6.45, 7) is 4.22. The summed E-state index contributed by atoms with van der Waals surface area (Å²) in [5, 5.41) is 0. The largest absolute Gasteiger partial charge is 0.469 e. The molecule has 72 valence electrons. The van der Waals surface area contributed by atoms with E-state index in [1.807, 2.05) is 0 Å². The van der Waals surface area contributed by atoms with E-state index in [2.05, 4.69) is 6.58 Å². The molecule has 0 aromatic rings. The predicted molar refractivity (Wildman–Crippen MR) is 48.0 cm³/mol. The lowest BCUT2D eigenvalue weighted by atomic mass is 9.96. The van der Waals surface area contributed by atoms with Gasteiger partial charge in [-0.2, -0.15) is 0 Å². The summed E-state index contributed by atoms with van der Waals surface area (Å²) in [6.07, 6.45) is 0. The normalized spacial score (nSPS) is 72.6. The first-order valence-corrected chi connectivity index (χ1v) is 5.53. The monoisotopic (exact) mass is 188 g/mol. The number of carbonyl (C=O) groups is 1. The van der Waals surface area contributed by atoms with Gasteiger partial charge in [0, 0.05) is 0 Å². The average Bonchev–Trinajstić information content (AvgIpc) is 2.97. The minimum atomic E-state index is 0.0145. The third kappa shape index (κ3) is 0.312. The Morgan fingerprint density at radius 3 is 2.29 bits per heavy atom. The minimum absolute atomic E-state index is 0.0145. The van der Waals surface area contributed by atoms with Crippen molar-refractivity contribution in [2.24, 2.45) is 46.8 Å². The van der Waals surface area contributed by atoms with E-state index in [-0.39, 0.29) is 11.4 Å². The summed E-state index contributed by atoms with van der Waals surface area (Å²) in [6, 6.07) is 0. The summed E-state index contributed by atoms with van der Waals surface area (Å²) in [5.74, 6) is 5.27. The van der Waals surface area contributed by atoms with Crippen molar-refractivity contribution >= 4 is 5.97 Å². The summed E-state index contributed by atoms with van der Waals surface area (Å²) >= 11 is 0. The lowest BCUT2D eigenvalue weighted by molar-refractivity contribution is -0.148. The van der Waals surface area contributed by atoms with E-state index in [4.69, 9.17) is 4.74 Å². The van der Waals surface area contributed by atoms with Gasteiger partial charge in [0.2, 0.25) is 0 Å². The molecule has 0 N–H and O–H groups in total. The summed E-state index contributed by atoms with van der Waals surface area (Å²) in [5.41, 5.74) is 1.50. The number of ether oxygens (including phenoxy) is 1. The van der Waals surface area contributed by atoms with Crippen molar-refractivity contribution in [1.29, 1.82) is 0 Å². The summed E-state index contributed by atoms with van der Waals surface area (Å²) < 4.78 is 5.01. The van der Waals surface area contributed by atoms with Crippen LogP contribution in [0.3, 0.4) is 0 Å². The maximum atomic E-state index is 11.9. The van der Waals surface area contributed by atoms with Gasteiger partial charge in [0.25, 0.3) is 0 Å². The molecule has 14 heavy (non-hydrogen) atoms. The SMILES string of the molecule is C=C1C2C3C4C1C1C2C1(C(=O)OC)C34. The van der Waals surface area contributed by atoms with Gasteiger partial charge >= 0.3 is 5.97 Å². The van der Waals surface area contributed by atoms with Crippen molar-refractivity contribution in [3.63, 3.8) is 0 Å². The molecule has 6 atom stereocenters. The number of methoxy groups -OCH3 is 1. The first kappa shape index (κ1) is 6.65. The molecular formula is C12H12O2. The molecule has 6 fully saturated rings. The van der Waals surface area contributed by atoms with Crippen LogP contribution in [0, 0.1) is 46.8 Å². The van der Waals surface area contributed by atoms with E-state index in [1.165, 1.54) is 5.57 Å². The highest BCUT2D eigenvalue weighted by molar-refractivity contribution is 5.87. The van der Waals surface area contributed by atoms with E-state index in [9.17, 15) is 4.79 Å². The molecule has 6 aliphatic rings. The Hall–Kier alpha value is -0.790. The van der Waals surface area contributed by atoms with Gasteiger partial charge in [-0.15, -0.1) is 0 Å². The van der Waals surface area contributed by atoms with Crippen LogP contribution in [-0.4, -0.2) is 13.1 Å². The van der Waals surface area contributed by atoms with Crippen molar-refractivity contribution in [3.8, 4) is 0 Å². The third-order valence-corrected chi connectivity index (χ3v) is 6.06. The maximum Gasteiger partial charge on any atom is 0.312 e. The molecule has 0 amide bonds. The van der Waals surface area contributed by atoms with Crippen LogP contribution in [0.2, 0.25) is 0 Å². The number of allylic oxidation sites excluding steroid dienone is 1. The van der Waals surface area contributed by atoms with Gasteiger partial charge in [0.15, 0.2) is 0 Å². The van der Waals surface area contributed by atoms with Crippen LogP contribution in [-0.2, 0) is 9.53 Å². The molecule has 6 saturated carbocycles. The molecule has 0 aliphatic heterocycles. The number of esters is 1. The van der Waals surface area contributed by atoms with Gasteiger partial charge in [-0.3, -0.25) is 4.79 Å². The Morgan fingerprint density at radius 1 is 1.29 bits per heavy atom. The molecule has 2 bridgehead atoms. The molecule has 6 rings (SSSR count). The quantitative estimate of drug-likeness (QED) is 0.454. The van der Waals surface area contributed by atoms with Crippen molar-refractivity contribution < 1.29 is 9.53 Å². The Balaban J connectivity index is 1.74. The average molecular weight is 188 g/mol. The molecule has 0 heterocycles. The van der Waals surface area contributed by atoms with Crippen LogP contribution in [0.4, 0.5) is 0 Å². The molecule has 0 spiro atoms. The minimum Gasteiger partial charge on any atom is -0.469 e. The topological polar surface area (TPSA) is 26.3 Å². The summed E-state index contributed by atoms with van der Waals surface area (Å²) in [4.78, 5) is 11.9. The molecule has 0 saturated heterocycles. The Bertz CT molecular complexity index is 398. The Kier molecular flexibility index (Phi) is 0.661. The standard InChI is InChI=1S/C12H12O2/c1-3-4-6-7-5(3)10-9(4)12(10,8(6)7)11(13)14-2/h4-10H,1H2,2H3. The summed E-state index contributed by atoms with van der Waals surface area (Å²) in [7, 11) is 1.54. The molecule has 6 aliphatic carbocycles. The zero-order valence-electron chi connectivity index (χ0n) is 8.07. The van der Waals surface area contributed by atoms with Crippen molar-refractivity contribution in [3.05, 3.63) is 12.2 Å². The zero-order valence-corrected chi connectivity index (χ0v) is 8.07. The van der Waals surface area contributed by atoms with Gasteiger partial charge in [-0.05, 0) is 41.4 Å². The predicted octanol–water partition coefficient (Wildman–Crippen LogP) is 1.08. The van der Waals surface area contributed by atoms with Crippen LogP contribution in [0.25, 0.3) is 0 Å². The smallest absolute Gasteiger partial charge is 0.312 e. The number of rotatable bonds is 1. The zero-order chi connectivity index (χ0) is 9.40. The maximum absolute atomic E-state index is 11.9. The lowest BCUT2D eigenvalue weighted by Crippen LogP contribution is -2.21. The van der Waals surface area contributed by atoms with E-state index in [0.717, 1.165) is 23.7 Å². The van der Waals surface area contributed by atoms with Crippen molar-refractivity contribution in [2.75, 3.05) is 7.11 Å². The number of hydrogen-bond acceptors (Lipinski definition) is 2. The Morgan fingerprint density at radius 2 is 1.86 bits per heavy atom. The van der Waals surface area contributed by atoms with E-state index in [0.29, 0.717) is 17.8 Å². The fourth-order valence-electron chi connectivity index (χ4n) is 6.11. The van der Waals surface area contributed by atoms with E-state index < -0.39 is 0 Å². The second-order valence-electron chi connectivity index (χ2n) is 5.78. The van der Waals surface area contributed by atoms with Crippen molar-refractivity contribution in [1.82, 2.24) is 0 Å². The Labute approximate surface area is 82.3 Å².